The lowest BCUT2D eigenvalue weighted by Crippen LogP contribution is -2.01. The lowest BCUT2D eigenvalue weighted by molar-refractivity contribution is -0.137. The van der Waals surface area contributed by atoms with E-state index in [4.69, 9.17) is 4.74 Å². The van der Waals surface area contributed by atoms with E-state index in [1.165, 1.54) is 63.9 Å². The third-order valence-electron chi connectivity index (χ3n) is 3.32. The standard InChI is InChI=1S/C18H32O2/c1-3-5-6-7-8-9-10-11-12-13-14-15-16-17-20-18(19)4-2/h4,8-9H,2-3,5-7,10-17H2,1H3/b9-8+. The number of allylic oxidation sites excluding steroid dienone is 2. The van der Waals surface area contributed by atoms with Crippen LogP contribution in [0, 0.1) is 0 Å². The molecule has 0 amide bonds. The summed E-state index contributed by atoms with van der Waals surface area (Å²) in [6.07, 6.45) is 19.6. The van der Waals surface area contributed by atoms with E-state index in [-0.39, 0.29) is 5.97 Å². The van der Waals surface area contributed by atoms with Gasteiger partial charge in [-0.1, -0.05) is 64.2 Å². The second-order valence-electron chi connectivity index (χ2n) is 5.25. The summed E-state index contributed by atoms with van der Waals surface area (Å²) < 4.78 is 4.92. The minimum Gasteiger partial charge on any atom is -0.463 e. The van der Waals surface area contributed by atoms with Gasteiger partial charge in [0, 0.05) is 6.08 Å². The maximum absolute atomic E-state index is 10.8. The molecule has 0 rings (SSSR count). The fraction of sp³-hybridized carbons (Fsp3) is 0.722. The number of hydrogen-bond acceptors (Lipinski definition) is 2. The Kier molecular flexibility index (Phi) is 15.2. The Bertz CT molecular complexity index is 256. The Hall–Kier alpha value is -1.05. The van der Waals surface area contributed by atoms with Gasteiger partial charge in [-0.15, -0.1) is 0 Å². The van der Waals surface area contributed by atoms with Crippen LogP contribution in [0.1, 0.15) is 77.6 Å². The normalized spacial score (nSPS) is 10.8. The van der Waals surface area contributed by atoms with Crippen molar-refractivity contribution in [3.05, 3.63) is 24.8 Å². The molecule has 0 bridgehead atoms. The van der Waals surface area contributed by atoms with Crippen molar-refractivity contribution in [1.82, 2.24) is 0 Å². The number of rotatable bonds is 14. The molecule has 0 saturated heterocycles. The van der Waals surface area contributed by atoms with E-state index in [9.17, 15) is 4.79 Å². The van der Waals surface area contributed by atoms with Crippen LogP contribution >= 0.6 is 0 Å². The van der Waals surface area contributed by atoms with Crippen LogP contribution in [0.2, 0.25) is 0 Å². The lowest BCUT2D eigenvalue weighted by atomic mass is 10.1. The SMILES string of the molecule is C=CC(=O)OCCCCCCCC/C=C/CCCCC. The smallest absolute Gasteiger partial charge is 0.330 e. The average Bonchev–Trinajstić information content (AvgIpc) is 2.47. The van der Waals surface area contributed by atoms with Crippen molar-refractivity contribution in [2.45, 2.75) is 77.6 Å². The van der Waals surface area contributed by atoms with E-state index in [0.29, 0.717) is 6.61 Å². The second kappa shape index (κ2) is 16.0. The Balaban J connectivity index is 3.09. The molecule has 0 fully saturated rings. The zero-order valence-corrected chi connectivity index (χ0v) is 13.2. The quantitative estimate of drug-likeness (QED) is 0.180. The summed E-state index contributed by atoms with van der Waals surface area (Å²) in [6.45, 7) is 6.14. The van der Waals surface area contributed by atoms with Crippen LogP contribution in [-0.2, 0) is 9.53 Å². The number of unbranched alkanes of at least 4 members (excludes halogenated alkanes) is 9. The van der Waals surface area contributed by atoms with Gasteiger partial charge < -0.3 is 4.74 Å². The number of carbonyl (C=O) groups is 1. The van der Waals surface area contributed by atoms with Crippen molar-refractivity contribution in [3.63, 3.8) is 0 Å². The molecule has 0 aliphatic rings. The fourth-order valence-corrected chi connectivity index (χ4v) is 2.05. The van der Waals surface area contributed by atoms with Crippen LogP contribution in [0.15, 0.2) is 24.8 Å². The molecular weight excluding hydrogens is 248 g/mol. The van der Waals surface area contributed by atoms with Crippen molar-refractivity contribution in [3.8, 4) is 0 Å². The van der Waals surface area contributed by atoms with Gasteiger partial charge in [-0.05, 0) is 32.1 Å². The maximum atomic E-state index is 10.8. The molecule has 0 saturated carbocycles. The van der Waals surface area contributed by atoms with Gasteiger partial charge in [-0.2, -0.15) is 0 Å². The van der Waals surface area contributed by atoms with E-state index in [1.807, 2.05) is 0 Å². The summed E-state index contributed by atoms with van der Waals surface area (Å²) in [5, 5.41) is 0. The molecule has 2 nitrogen and oxygen atoms in total. The first-order valence-corrected chi connectivity index (χ1v) is 8.25. The van der Waals surface area contributed by atoms with Gasteiger partial charge in [0.1, 0.15) is 0 Å². The predicted molar refractivity (Wildman–Crippen MR) is 86.8 cm³/mol. The van der Waals surface area contributed by atoms with Gasteiger partial charge >= 0.3 is 5.97 Å². The van der Waals surface area contributed by atoms with E-state index >= 15 is 0 Å². The minimum atomic E-state index is -0.310. The Labute approximate surface area is 125 Å². The Morgan fingerprint density at radius 1 is 0.900 bits per heavy atom. The number of esters is 1. The molecule has 20 heavy (non-hydrogen) atoms. The van der Waals surface area contributed by atoms with Gasteiger partial charge in [-0.3, -0.25) is 0 Å². The van der Waals surface area contributed by atoms with Gasteiger partial charge in [0.25, 0.3) is 0 Å². The Morgan fingerprint density at radius 2 is 1.45 bits per heavy atom. The van der Waals surface area contributed by atoms with Crippen molar-refractivity contribution in [2.24, 2.45) is 0 Å². The van der Waals surface area contributed by atoms with Gasteiger partial charge in [0.15, 0.2) is 0 Å². The molecule has 0 aliphatic carbocycles. The van der Waals surface area contributed by atoms with E-state index < -0.39 is 0 Å². The molecule has 116 valence electrons. The van der Waals surface area contributed by atoms with E-state index in [1.54, 1.807) is 0 Å². The van der Waals surface area contributed by atoms with Crippen LogP contribution in [0.4, 0.5) is 0 Å². The average molecular weight is 280 g/mol. The van der Waals surface area contributed by atoms with Crippen molar-refractivity contribution >= 4 is 5.97 Å². The highest BCUT2D eigenvalue weighted by molar-refractivity contribution is 5.81. The van der Waals surface area contributed by atoms with E-state index in [2.05, 4.69) is 25.7 Å². The topological polar surface area (TPSA) is 26.3 Å². The first-order chi connectivity index (χ1) is 9.81. The molecule has 0 atom stereocenters. The van der Waals surface area contributed by atoms with Crippen molar-refractivity contribution in [2.75, 3.05) is 6.61 Å². The van der Waals surface area contributed by atoms with Crippen LogP contribution in [0.5, 0.6) is 0 Å². The highest BCUT2D eigenvalue weighted by Crippen LogP contribution is 2.08. The van der Waals surface area contributed by atoms with Gasteiger partial charge in [0.2, 0.25) is 0 Å². The van der Waals surface area contributed by atoms with Crippen LogP contribution in [0.3, 0.4) is 0 Å². The van der Waals surface area contributed by atoms with Crippen LogP contribution < -0.4 is 0 Å². The Morgan fingerprint density at radius 3 is 2.05 bits per heavy atom. The van der Waals surface area contributed by atoms with Crippen molar-refractivity contribution < 1.29 is 9.53 Å². The minimum absolute atomic E-state index is 0.310. The lowest BCUT2D eigenvalue weighted by Gasteiger charge is -2.02. The summed E-state index contributed by atoms with van der Waals surface area (Å²) in [4.78, 5) is 10.8. The largest absolute Gasteiger partial charge is 0.463 e. The molecule has 0 heterocycles. The maximum Gasteiger partial charge on any atom is 0.330 e. The van der Waals surface area contributed by atoms with Crippen LogP contribution in [-0.4, -0.2) is 12.6 Å². The zero-order valence-electron chi connectivity index (χ0n) is 13.2. The predicted octanol–water partition coefficient (Wildman–Crippen LogP) is 5.58. The van der Waals surface area contributed by atoms with Gasteiger partial charge in [-0.25, -0.2) is 4.79 Å². The monoisotopic (exact) mass is 280 g/mol. The number of hydrogen-bond donors (Lipinski definition) is 0. The molecule has 0 aromatic rings. The van der Waals surface area contributed by atoms with E-state index in [0.717, 1.165) is 12.8 Å². The molecule has 2 heteroatoms. The second-order valence-corrected chi connectivity index (χ2v) is 5.25. The third-order valence-corrected chi connectivity index (χ3v) is 3.32. The highest BCUT2D eigenvalue weighted by Gasteiger charge is 1.95. The van der Waals surface area contributed by atoms with Crippen molar-refractivity contribution in [1.29, 1.82) is 0 Å². The molecule has 0 spiro atoms. The molecule has 0 radical (unpaired) electrons. The number of carbonyl (C=O) groups excluding carboxylic acids is 1. The van der Waals surface area contributed by atoms with Crippen LogP contribution in [0.25, 0.3) is 0 Å². The molecule has 0 aromatic heterocycles. The molecule has 0 unspecified atom stereocenters. The molecular formula is C18H32O2. The summed E-state index contributed by atoms with van der Waals surface area (Å²) >= 11 is 0. The van der Waals surface area contributed by atoms with Gasteiger partial charge in [0.05, 0.1) is 6.61 Å². The highest BCUT2D eigenvalue weighted by atomic mass is 16.5. The molecule has 0 aromatic carbocycles. The first-order valence-electron chi connectivity index (χ1n) is 8.25. The summed E-state index contributed by atoms with van der Waals surface area (Å²) in [7, 11) is 0. The fourth-order valence-electron chi connectivity index (χ4n) is 2.05. The first kappa shape index (κ1) is 18.9. The molecule has 0 N–H and O–H groups in total. The molecule has 0 aliphatic heterocycles. The number of ether oxygens (including phenoxy) is 1. The zero-order chi connectivity index (χ0) is 14.9. The third kappa shape index (κ3) is 15.0. The summed E-state index contributed by atoms with van der Waals surface area (Å²) in [6, 6.07) is 0. The summed E-state index contributed by atoms with van der Waals surface area (Å²) in [5.41, 5.74) is 0. The summed E-state index contributed by atoms with van der Waals surface area (Å²) in [5.74, 6) is -0.310.